The van der Waals surface area contributed by atoms with Crippen LogP contribution in [0.2, 0.25) is 5.02 Å². The van der Waals surface area contributed by atoms with Crippen LogP contribution in [0.15, 0.2) is 51.7 Å². The summed E-state index contributed by atoms with van der Waals surface area (Å²) in [5, 5.41) is 4.08. The molecular weight excluding hydrogens is 317 g/mol. The van der Waals surface area contributed by atoms with Crippen molar-refractivity contribution in [3.63, 3.8) is 0 Å². The average molecular weight is 332 g/mol. The number of benzene rings is 2. The van der Waals surface area contributed by atoms with Crippen LogP contribution in [0.25, 0.3) is 11.0 Å². The zero-order chi connectivity index (χ0) is 16.4. The second kappa shape index (κ2) is 6.42. The van der Waals surface area contributed by atoms with E-state index in [1.54, 1.807) is 6.07 Å². The quantitative estimate of drug-likeness (QED) is 0.701. The van der Waals surface area contributed by atoms with Crippen LogP contribution < -0.4 is 10.9 Å². The highest BCUT2D eigenvalue weighted by Crippen LogP contribution is 2.22. The maximum absolute atomic E-state index is 13.2. The highest BCUT2D eigenvalue weighted by Gasteiger charge is 2.07. The fourth-order valence-electron chi connectivity index (χ4n) is 2.44. The van der Waals surface area contributed by atoms with E-state index in [0.29, 0.717) is 17.8 Å². The Bertz CT molecular complexity index is 921. The smallest absolute Gasteiger partial charge is 0.336 e. The van der Waals surface area contributed by atoms with Crippen LogP contribution in [-0.2, 0) is 13.0 Å². The minimum atomic E-state index is -0.463. The van der Waals surface area contributed by atoms with E-state index >= 15 is 0 Å². The maximum atomic E-state index is 13.2. The summed E-state index contributed by atoms with van der Waals surface area (Å²) in [6.45, 7) is 2.46. The van der Waals surface area contributed by atoms with Gasteiger partial charge in [0.25, 0.3) is 0 Å². The van der Waals surface area contributed by atoms with E-state index in [-0.39, 0.29) is 10.6 Å². The summed E-state index contributed by atoms with van der Waals surface area (Å²) in [7, 11) is 0. The van der Waals surface area contributed by atoms with Crippen molar-refractivity contribution in [1.29, 1.82) is 0 Å². The highest BCUT2D eigenvalue weighted by molar-refractivity contribution is 6.31. The van der Waals surface area contributed by atoms with E-state index < -0.39 is 5.82 Å². The number of hydrogen-bond donors (Lipinski definition) is 1. The van der Waals surface area contributed by atoms with Crippen LogP contribution in [0.3, 0.4) is 0 Å². The molecule has 3 rings (SSSR count). The Balaban J connectivity index is 1.93. The Morgan fingerprint density at radius 1 is 1.17 bits per heavy atom. The second-order valence-corrected chi connectivity index (χ2v) is 5.66. The van der Waals surface area contributed by atoms with E-state index in [1.807, 2.05) is 25.1 Å². The van der Waals surface area contributed by atoms with Gasteiger partial charge in [0, 0.05) is 23.7 Å². The van der Waals surface area contributed by atoms with Gasteiger partial charge in [-0.2, -0.15) is 0 Å². The summed E-state index contributed by atoms with van der Waals surface area (Å²) >= 11 is 5.77. The van der Waals surface area contributed by atoms with Gasteiger partial charge >= 0.3 is 5.63 Å². The Kier molecular flexibility index (Phi) is 4.35. The summed E-state index contributed by atoms with van der Waals surface area (Å²) < 4.78 is 18.5. The van der Waals surface area contributed by atoms with Crippen molar-refractivity contribution in [2.45, 2.75) is 19.9 Å². The maximum Gasteiger partial charge on any atom is 0.336 e. The molecule has 1 heterocycles. The Labute approximate surface area is 137 Å². The summed E-state index contributed by atoms with van der Waals surface area (Å²) in [4.78, 5) is 11.7. The van der Waals surface area contributed by atoms with Crippen LogP contribution in [-0.4, -0.2) is 0 Å². The molecule has 2 aromatic carbocycles. The first kappa shape index (κ1) is 15.6. The molecule has 0 amide bonds. The molecule has 0 atom stereocenters. The first-order chi connectivity index (χ1) is 11.1. The number of hydrogen-bond acceptors (Lipinski definition) is 3. The molecule has 0 aliphatic rings. The average Bonchev–Trinajstić information content (AvgIpc) is 2.54. The minimum absolute atomic E-state index is 0.0556. The molecule has 0 radical (unpaired) electrons. The Morgan fingerprint density at radius 2 is 2.00 bits per heavy atom. The molecule has 0 bridgehead atoms. The molecule has 0 unspecified atom stereocenters. The number of fused-ring (bicyclic) bond motifs is 1. The molecule has 1 N–H and O–H groups in total. The lowest BCUT2D eigenvalue weighted by atomic mass is 10.1. The lowest BCUT2D eigenvalue weighted by Crippen LogP contribution is -2.06. The van der Waals surface area contributed by atoms with E-state index in [2.05, 4.69) is 5.32 Å². The van der Waals surface area contributed by atoms with Crippen molar-refractivity contribution < 1.29 is 8.81 Å². The van der Waals surface area contributed by atoms with Crippen LogP contribution in [0.1, 0.15) is 18.1 Å². The van der Waals surface area contributed by atoms with Crippen LogP contribution in [0.4, 0.5) is 10.1 Å². The van der Waals surface area contributed by atoms with Crippen molar-refractivity contribution in [2.75, 3.05) is 5.32 Å². The summed E-state index contributed by atoms with van der Waals surface area (Å²) in [5.74, 6) is -0.463. The van der Waals surface area contributed by atoms with Gasteiger partial charge < -0.3 is 9.73 Å². The van der Waals surface area contributed by atoms with Crippen molar-refractivity contribution in [3.8, 4) is 0 Å². The molecule has 5 heteroatoms. The third-order valence-corrected chi connectivity index (χ3v) is 4.00. The number of nitrogens with one attached hydrogen (secondary N) is 1. The van der Waals surface area contributed by atoms with Gasteiger partial charge in [-0.05, 0) is 41.8 Å². The monoisotopic (exact) mass is 331 g/mol. The molecule has 3 nitrogen and oxygen atoms in total. The predicted molar refractivity (Wildman–Crippen MR) is 90.6 cm³/mol. The number of aryl methyl sites for hydroxylation is 1. The minimum Gasteiger partial charge on any atom is -0.423 e. The van der Waals surface area contributed by atoms with Gasteiger partial charge in [0.15, 0.2) is 0 Å². The van der Waals surface area contributed by atoms with Gasteiger partial charge in [-0.1, -0.05) is 30.7 Å². The standard InChI is InChI=1S/C18H15ClFNO2/c1-2-11-3-5-14-12(8-18(22)23-17(14)7-11)10-21-13-4-6-16(20)15(19)9-13/h3-9,21H,2,10H2,1H3. The number of anilines is 1. The van der Waals surface area contributed by atoms with Gasteiger partial charge in [0.1, 0.15) is 11.4 Å². The lowest BCUT2D eigenvalue weighted by molar-refractivity contribution is 0.559. The number of rotatable bonds is 4. The molecular formula is C18H15ClFNO2. The van der Waals surface area contributed by atoms with Crippen LogP contribution in [0.5, 0.6) is 0 Å². The van der Waals surface area contributed by atoms with E-state index in [9.17, 15) is 9.18 Å². The third-order valence-electron chi connectivity index (χ3n) is 3.71. The Morgan fingerprint density at radius 3 is 2.74 bits per heavy atom. The molecule has 23 heavy (non-hydrogen) atoms. The molecule has 118 valence electrons. The first-order valence-corrected chi connectivity index (χ1v) is 7.69. The van der Waals surface area contributed by atoms with Gasteiger partial charge in [0.2, 0.25) is 0 Å². The van der Waals surface area contributed by atoms with Gasteiger partial charge in [0.05, 0.1) is 5.02 Å². The SMILES string of the molecule is CCc1ccc2c(CNc3ccc(F)c(Cl)c3)cc(=O)oc2c1. The number of halogens is 2. The Hall–Kier alpha value is -2.33. The van der Waals surface area contributed by atoms with Crippen LogP contribution in [0, 0.1) is 5.82 Å². The summed E-state index contributed by atoms with van der Waals surface area (Å²) in [6, 6.07) is 11.7. The highest BCUT2D eigenvalue weighted by atomic mass is 35.5. The molecule has 0 fully saturated rings. The second-order valence-electron chi connectivity index (χ2n) is 5.26. The van der Waals surface area contributed by atoms with Gasteiger partial charge in [-0.25, -0.2) is 9.18 Å². The molecule has 0 spiro atoms. The van der Waals surface area contributed by atoms with Gasteiger partial charge in [-0.15, -0.1) is 0 Å². The molecule has 0 saturated heterocycles. The molecule has 0 aliphatic carbocycles. The summed E-state index contributed by atoms with van der Waals surface area (Å²) in [6.07, 6.45) is 0.871. The van der Waals surface area contributed by atoms with Crippen molar-refractivity contribution in [2.24, 2.45) is 0 Å². The summed E-state index contributed by atoms with van der Waals surface area (Å²) in [5.41, 5.74) is 2.80. The third kappa shape index (κ3) is 3.37. The molecule has 1 aromatic heterocycles. The lowest BCUT2D eigenvalue weighted by Gasteiger charge is -2.10. The van der Waals surface area contributed by atoms with Crippen molar-refractivity contribution in [3.05, 3.63) is 74.9 Å². The molecule has 0 saturated carbocycles. The topological polar surface area (TPSA) is 42.2 Å². The first-order valence-electron chi connectivity index (χ1n) is 7.31. The fourth-order valence-corrected chi connectivity index (χ4v) is 2.62. The van der Waals surface area contributed by atoms with E-state index in [1.165, 1.54) is 18.2 Å². The van der Waals surface area contributed by atoms with Crippen molar-refractivity contribution >= 4 is 28.3 Å². The molecule has 3 aromatic rings. The predicted octanol–water partition coefficient (Wildman–Crippen LogP) is 4.76. The van der Waals surface area contributed by atoms with Crippen molar-refractivity contribution in [1.82, 2.24) is 0 Å². The van der Waals surface area contributed by atoms with Gasteiger partial charge in [-0.3, -0.25) is 0 Å². The normalized spacial score (nSPS) is 10.9. The van der Waals surface area contributed by atoms with E-state index in [4.69, 9.17) is 16.0 Å². The van der Waals surface area contributed by atoms with E-state index in [0.717, 1.165) is 22.9 Å². The fraction of sp³-hybridized carbons (Fsp3) is 0.167. The van der Waals surface area contributed by atoms with Crippen LogP contribution >= 0.6 is 11.6 Å². The zero-order valence-corrected chi connectivity index (χ0v) is 13.3. The largest absolute Gasteiger partial charge is 0.423 e. The molecule has 0 aliphatic heterocycles. The zero-order valence-electron chi connectivity index (χ0n) is 12.5.